The van der Waals surface area contributed by atoms with Crippen molar-refractivity contribution in [3.05, 3.63) is 35.6 Å². The summed E-state index contributed by atoms with van der Waals surface area (Å²) in [5.74, 6) is -0.415. The van der Waals surface area contributed by atoms with Gasteiger partial charge >= 0.3 is 6.18 Å². The van der Waals surface area contributed by atoms with Gasteiger partial charge in [-0.2, -0.15) is 13.2 Å². The van der Waals surface area contributed by atoms with Crippen molar-refractivity contribution in [3.63, 3.8) is 0 Å². The summed E-state index contributed by atoms with van der Waals surface area (Å²) in [6, 6.07) is 5.03. The van der Waals surface area contributed by atoms with Crippen molar-refractivity contribution in [2.75, 3.05) is 13.1 Å². The van der Waals surface area contributed by atoms with Gasteiger partial charge in [-0.3, -0.25) is 4.90 Å². The van der Waals surface area contributed by atoms with Gasteiger partial charge in [0.05, 0.1) is 12.6 Å². The molecule has 1 atom stereocenters. The van der Waals surface area contributed by atoms with Crippen LogP contribution >= 0.6 is 0 Å². The molecule has 0 saturated carbocycles. The predicted molar refractivity (Wildman–Crippen MR) is 68.7 cm³/mol. The third kappa shape index (κ3) is 5.88. The van der Waals surface area contributed by atoms with Crippen LogP contribution in [0.1, 0.15) is 31.9 Å². The van der Waals surface area contributed by atoms with Crippen molar-refractivity contribution in [3.8, 4) is 0 Å². The molecule has 20 heavy (non-hydrogen) atoms. The standard InChI is InChI=1S/C14H19F4NO/c1-10(2)19(9-14(16,17)18)8-7-13(20)11-3-5-12(15)6-4-11/h3-6,10,13,20H,7-9H2,1-2H3. The van der Waals surface area contributed by atoms with Crippen molar-refractivity contribution in [2.45, 2.75) is 38.6 Å². The van der Waals surface area contributed by atoms with Crippen molar-refractivity contribution in [1.29, 1.82) is 0 Å². The van der Waals surface area contributed by atoms with Gasteiger partial charge in [-0.05, 0) is 38.0 Å². The molecule has 0 aliphatic carbocycles. The van der Waals surface area contributed by atoms with E-state index in [1.54, 1.807) is 13.8 Å². The molecule has 0 saturated heterocycles. The van der Waals surface area contributed by atoms with Crippen LogP contribution in [-0.2, 0) is 0 Å². The highest BCUT2D eigenvalue weighted by Gasteiger charge is 2.31. The number of halogens is 4. The monoisotopic (exact) mass is 293 g/mol. The van der Waals surface area contributed by atoms with E-state index in [0.29, 0.717) is 5.56 Å². The Morgan fingerprint density at radius 1 is 1.15 bits per heavy atom. The molecule has 1 unspecified atom stereocenters. The third-order valence-corrected chi connectivity index (χ3v) is 3.06. The molecule has 1 aromatic rings. The summed E-state index contributed by atoms with van der Waals surface area (Å²) >= 11 is 0. The smallest absolute Gasteiger partial charge is 0.388 e. The first-order valence-electron chi connectivity index (χ1n) is 6.43. The highest BCUT2D eigenvalue weighted by atomic mass is 19.4. The minimum atomic E-state index is -4.26. The number of alkyl halides is 3. The topological polar surface area (TPSA) is 23.5 Å². The molecule has 0 amide bonds. The summed E-state index contributed by atoms with van der Waals surface area (Å²) in [7, 11) is 0. The number of hydrogen-bond donors (Lipinski definition) is 1. The summed E-state index contributed by atoms with van der Waals surface area (Å²) in [5, 5.41) is 9.91. The van der Waals surface area contributed by atoms with Gasteiger partial charge < -0.3 is 5.11 Å². The van der Waals surface area contributed by atoms with Crippen LogP contribution in [0.25, 0.3) is 0 Å². The van der Waals surface area contributed by atoms with Crippen molar-refractivity contribution >= 4 is 0 Å². The van der Waals surface area contributed by atoms with Crippen LogP contribution in [-0.4, -0.2) is 35.3 Å². The molecule has 0 fully saturated rings. The van der Waals surface area contributed by atoms with E-state index < -0.39 is 24.6 Å². The quantitative estimate of drug-likeness (QED) is 0.811. The fourth-order valence-electron chi connectivity index (χ4n) is 1.89. The Balaban J connectivity index is 2.56. The number of hydrogen-bond acceptors (Lipinski definition) is 2. The SMILES string of the molecule is CC(C)N(CCC(O)c1ccc(F)cc1)CC(F)(F)F. The first-order chi connectivity index (χ1) is 9.19. The van der Waals surface area contributed by atoms with E-state index in [0.717, 1.165) is 0 Å². The molecule has 0 heterocycles. The third-order valence-electron chi connectivity index (χ3n) is 3.06. The van der Waals surface area contributed by atoms with Gasteiger partial charge in [0.25, 0.3) is 0 Å². The summed E-state index contributed by atoms with van der Waals surface area (Å²) in [6.07, 6.45) is -4.99. The molecule has 0 bridgehead atoms. The molecule has 1 N–H and O–H groups in total. The molecule has 1 rings (SSSR count). The molecule has 0 spiro atoms. The van der Waals surface area contributed by atoms with Gasteiger partial charge in [-0.25, -0.2) is 4.39 Å². The summed E-state index contributed by atoms with van der Waals surface area (Å²) in [6.45, 7) is 2.47. The number of rotatable bonds is 6. The molecule has 6 heteroatoms. The molecule has 1 aromatic carbocycles. The highest BCUT2D eigenvalue weighted by molar-refractivity contribution is 5.18. The van der Waals surface area contributed by atoms with Gasteiger partial charge in [0.2, 0.25) is 0 Å². The van der Waals surface area contributed by atoms with E-state index in [4.69, 9.17) is 0 Å². The lowest BCUT2D eigenvalue weighted by Gasteiger charge is -2.28. The maximum absolute atomic E-state index is 12.7. The summed E-state index contributed by atoms with van der Waals surface area (Å²) in [4.78, 5) is 1.26. The first-order valence-corrected chi connectivity index (χ1v) is 6.43. The average Bonchev–Trinajstić information content (AvgIpc) is 2.33. The maximum Gasteiger partial charge on any atom is 0.401 e. The fourth-order valence-corrected chi connectivity index (χ4v) is 1.89. The van der Waals surface area contributed by atoms with Gasteiger partial charge in [-0.15, -0.1) is 0 Å². The molecule has 114 valence electrons. The zero-order valence-electron chi connectivity index (χ0n) is 11.5. The fraction of sp³-hybridized carbons (Fsp3) is 0.571. The Morgan fingerprint density at radius 2 is 1.70 bits per heavy atom. The van der Waals surface area contributed by atoms with Crippen LogP contribution in [0.5, 0.6) is 0 Å². The van der Waals surface area contributed by atoms with Gasteiger partial charge in [0, 0.05) is 12.6 Å². The van der Waals surface area contributed by atoms with E-state index in [-0.39, 0.29) is 19.0 Å². The van der Waals surface area contributed by atoms with Crippen molar-refractivity contribution < 1.29 is 22.7 Å². The molecular weight excluding hydrogens is 274 g/mol. The van der Waals surface area contributed by atoms with E-state index in [1.165, 1.54) is 29.2 Å². The van der Waals surface area contributed by atoms with E-state index in [2.05, 4.69) is 0 Å². The van der Waals surface area contributed by atoms with Crippen LogP contribution in [0.15, 0.2) is 24.3 Å². The average molecular weight is 293 g/mol. The lowest BCUT2D eigenvalue weighted by Crippen LogP contribution is -2.40. The second-order valence-electron chi connectivity index (χ2n) is 5.04. The normalized spacial score (nSPS) is 14.1. The Bertz CT molecular complexity index is 403. The molecular formula is C14H19F4NO. The molecule has 2 nitrogen and oxygen atoms in total. The van der Waals surface area contributed by atoms with E-state index in [1.807, 2.05) is 0 Å². The van der Waals surface area contributed by atoms with Crippen LogP contribution < -0.4 is 0 Å². The second-order valence-corrected chi connectivity index (χ2v) is 5.04. The zero-order valence-corrected chi connectivity index (χ0v) is 11.5. The van der Waals surface area contributed by atoms with E-state index in [9.17, 15) is 22.7 Å². The number of aliphatic hydroxyl groups is 1. The highest BCUT2D eigenvalue weighted by Crippen LogP contribution is 2.21. The van der Waals surface area contributed by atoms with Crippen LogP contribution in [0.2, 0.25) is 0 Å². The minimum absolute atomic E-state index is 0.121. The van der Waals surface area contributed by atoms with Crippen LogP contribution in [0.3, 0.4) is 0 Å². The molecule has 0 aliphatic heterocycles. The predicted octanol–water partition coefficient (Wildman–Crippen LogP) is 3.52. The largest absolute Gasteiger partial charge is 0.401 e. The van der Waals surface area contributed by atoms with Crippen molar-refractivity contribution in [2.24, 2.45) is 0 Å². The number of aliphatic hydroxyl groups excluding tert-OH is 1. The Labute approximate surface area is 116 Å². The van der Waals surface area contributed by atoms with Gasteiger partial charge in [0.1, 0.15) is 5.82 Å². The van der Waals surface area contributed by atoms with Crippen LogP contribution in [0.4, 0.5) is 17.6 Å². The molecule has 0 radical (unpaired) electrons. The second kappa shape index (κ2) is 7.04. The first kappa shape index (κ1) is 16.9. The summed E-state index contributed by atoms with van der Waals surface area (Å²) in [5.41, 5.74) is 0.502. The Morgan fingerprint density at radius 3 is 2.15 bits per heavy atom. The minimum Gasteiger partial charge on any atom is -0.388 e. The van der Waals surface area contributed by atoms with Crippen molar-refractivity contribution in [1.82, 2.24) is 4.90 Å². The molecule has 0 aliphatic rings. The lowest BCUT2D eigenvalue weighted by molar-refractivity contribution is -0.150. The van der Waals surface area contributed by atoms with E-state index >= 15 is 0 Å². The van der Waals surface area contributed by atoms with Crippen LogP contribution in [0, 0.1) is 5.82 Å². The number of benzene rings is 1. The van der Waals surface area contributed by atoms with Gasteiger partial charge in [0.15, 0.2) is 0 Å². The maximum atomic E-state index is 12.7. The zero-order chi connectivity index (χ0) is 15.3. The summed E-state index contributed by atoms with van der Waals surface area (Å²) < 4.78 is 50.0. The lowest BCUT2D eigenvalue weighted by atomic mass is 10.1. The Kier molecular flexibility index (Phi) is 5.95. The molecule has 0 aromatic heterocycles. The van der Waals surface area contributed by atoms with Gasteiger partial charge in [-0.1, -0.05) is 12.1 Å². The Hall–Kier alpha value is -1.14. The number of nitrogens with zero attached hydrogens (tertiary/aromatic N) is 1.